The Hall–Kier alpha value is -0.570. The Bertz CT molecular complexity index is 191. The SMILES string of the molecule is CCCCCCCNC(=O)C(C)N(CC)CC. The van der Waals surface area contributed by atoms with Gasteiger partial charge in [0, 0.05) is 6.54 Å². The number of carbonyl (C=O) groups excluding carboxylic acids is 1. The van der Waals surface area contributed by atoms with Crippen molar-refractivity contribution in [2.45, 2.75) is 65.8 Å². The van der Waals surface area contributed by atoms with Gasteiger partial charge in [0.05, 0.1) is 6.04 Å². The van der Waals surface area contributed by atoms with Gasteiger partial charge in [0.1, 0.15) is 0 Å². The molecule has 102 valence electrons. The Morgan fingerprint density at radius 1 is 1.06 bits per heavy atom. The van der Waals surface area contributed by atoms with E-state index >= 15 is 0 Å². The smallest absolute Gasteiger partial charge is 0.237 e. The number of rotatable bonds is 10. The van der Waals surface area contributed by atoms with Crippen molar-refractivity contribution in [1.29, 1.82) is 0 Å². The summed E-state index contributed by atoms with van der Waals surface area (Å²) < 4.78 is 0. The minimum absolute atomic E-state index is 0.000594. The number of nitrogens with one attached hydrogen (secondary N) is 1. The lowest BCUT2D eigenvalue weighted by Crippen LogP contribution is -2.45. The molecule has 3 nitrogen and oxygen atoms in total. The number of hydrogen-bond donors (Lipinski definition) is 1. The van der Waals surface area contributed by atoms with Crippen molar-refractivity contribution in [3.05, 3.63) is 0 Å². The normalized spacial score (nSPS) is 12.8. The summed E-state index contributed by atoms with van der Waals surface area (Å²) in [5.41, 5.74) is 0. The number of likely N-dealkylation sites (N-methyl/N-ethyl adjacent to an activating group) is 1. The van der Waals surface area contributed by atoms with E-state index in [1.807, 2.05) is 6.92 Å². The molecule has 0 aliphatic rings. The van der Waals surface area contributed by atoms with E-state index in [2.05, 4.69) is 31.0 Å². The van der Waals surface area contributed by atoms with Crippen molar-refractivity contribution < 1.29 is 4.79 Å². The van der Waals surface area contributed by atoms with Gasteiger partial charge in [0.25, 0.3) is 0 Å². The van der Waals surface area contributed by atoms with E-state index in [4.69, 9.17) is 0 Å². The summed E-state index contributed by atoms with van der Waals surface area (Å²) in [5, 5.41) is 3.03. The Morgan fingerprint density at radius 2 is 1.65 bits per heavy atom. The van der Waals surface area contributed by atoms with Crippen LogP contribution in [0.5, 0.6) is 0 Å². The molecule has 0 aliphatic carbocycles. The molecule has 3 heteroatoms. The third kappa shape index (κ3) is 7.37. The Kier molecular flexibility index (Phi) is 10.2. The van der Waals surface area contributed by atoms with E-state index in [1.165, 1.54) is 25.7 Å². The van der Waals surface area contributed by atoms with Crippen LogP contribution in [0.1, 0.15) is 59.8 Å². The first-order chi connectivity index (χ1) is 8.17. The van der Waals surface area contributed by atoms with Crippen LogP contribution < -0.4 is 5.32 Å². The van der Waals surface area contributed by atoms with Crippen LogP contribution in [0.4, 0.5) is 0 Å². The van der Waals surface area contributed by atoms with Crippen molar-refractivity contribution in [3.8, 4) is 0 Å². The summed E-state index contributed by atoms with van der Waals surface area (Å²) in [6.07, 6.45) is 6.21. The van der Waals surface area contributed by atoms with Crippen LogP contribution in [0, 0.1) is 0 Å². The highest BCUT2D eigenvalue weighted by molar-refractivity contribution is 5.81. The average Bonchev–Trinajstić information content (AvgIpc) is 2.34. The number of hydrogen-bond acceptors (Lipinski definition) is 2. The van der Waals surface area contributed by atoms with Crippen molar-refractivity contribution in [1.82, 2.24) is 10.2 Å². The molecule has 0 aromatic heterocycles. The van der Waals surface area contributed by atoms with E-state index in [0.29, 0.717) is 0 Å². The molecule has 0 bridgehead atoms. The molecule has 0 spiro atoms. The summed E-state index contributed by atoms with van der Waals surface area (Å²) in [5.74, 6) is 0.171. The summed E-state index contributed by atoms with van der Waals surface area (Å²) >= 11 is 0. The highest BCUT2D eigenvalue weighted by Crippen LogP contribution is 2.02. The maximum atomic E-state index is 11.8. The molecule has 0 rings (SSSR count). The van der Waals surface area contributed by atoms with Gasteiger partial charge in [-0.25, -0.2) is 0 Å². The topological polar surface area (TPSA) is 32.3 Å². The van der Waals surface area contributed by atoms with Crippen LogP contribution in [-0.4, -0.2) is 36.5 Å². The van der Waals surface area contributed by atoms with Gasteiger partial charge in [-0.2, -0.15) is 0 Å². The van der Waals surface area contributed by atoms with E-state index in [-0.39, 0.29) is 11.9 Å². The molecule has 0 fully saturated rings. The minimum atomic E-state index is 0.000594. The molecular formula is C14H30N2O. The van der Waals surface area contributed by atoms with Gasteiger partial charge in [-0.15, -0.1) is 0 Å². The number of unbranched alkanes of at least 4 members (excludes halogenated alkanes) is 4. The minimum Gasteiger partial charge on any atom is -0.355 e. The number of nitrogens with zero attached hydrogens (tertiary/aromatic N) is 1. The van der Waals surface area contributed by atoms with Gasteiger partial charge in [-0.3, -0.25) is 9.69 Å². The largest absolute Gasteiger partial charge is 0.355 e. The molecule has 0 aliphatic heterocycles. The quantitative estimate of drug-likeness (QED) is 0.597. The van der Waals surface area contributed by atoms with E-state index in [1.54, 1.807) is 0 Å². The molecule has 1 N–H and O–H groups in total. The van der Waals surface area contributed by atoms with Crippen molar-refractivity contribution >= 4 is 5.91 Å². The van der Waals surface area contributed by atoms with Gasteiger partial charge in [-0.1, -0.05) is 46.5 Å². The van der Waals surface area contributed by atoms with Crippen LogP contribution in [0.15, 0.2) is 0 Å². The number of amides is 1. The molecular weight excluding hydrogens is 212 g/mol. The van der Waals surface area contributed by atoms with E-state index in [9.17, 15) is 4.79 Å². The third-order valence-electron chi connectivity index (χ3n) is 3.32. The highest BCUT2D eigenvalue weighted by atomic mass is 16.2. The lowest BCUT2D eigenvalue weighted by Gasteiger charge is -2.25. The second kappa shape index (κ2) is 10.6. The van der Waals surface area contributed by atoms with Gasteiger partial charge in [0.15, 0.2) is 0 Å². The van der Waals surface area contributed by atoms with Crippen molar-refractivity contribution in [3.63, 3.8) is 0 Å². The monoisotopic (exact) mass is 242 g/mol. The lowest BCUT2D eigenvalue weighted by molar-refractivity contribution is -0.125. The Balaban J connectivity index is 3.63. The Morgan fingerprint density at radius 3 is 2.18 bits per heavy atom. The maximum Gasteiger partial charge on any atom is 0.237 e. The van der Waals surface area contributed by atoms with Crippen LogP contribution in [0.25, 0.3) is 0 Å². The molecule has 1 atom stereocenters. The highest BCUT2D eigenvalue weighted by Gasteiger charge is 2.17. The van der Waals surface area contributed by atoms with Crippen molar-refractivity contribution in [2.24, 2.45) is 0 Å². The standard InChI is InChI=1S/C14H30N2O/c1-5-8-9-10-11-12-15-14(17)13(4)16(6-2)7-3/h13H,5-12H2,1-4H3,(H,15,17). The fourth-order valence-corrected chi connectivity index (χ4v) is 2.02. The fourth-order valence-electron chi connectivity index (χ4n) is 2.02. The summed E-state index contributed by atoms with van der Waals surface area (Å²) in [6, 6.07) is 0.000594. The molecule has 0 aromatic carbocycles. The molecule has 0 saturated carbocycles. The molecule has 1 unspecified atom stereocenters. The molecule has 0 saturated heterocycles. The van der Waals surface area contributed by atoms with Crippen LogP contribution >= 0.6 is 0 Å². The predicted octanol–water partition coefficient (Wildman–Crippen LogP) is 2.80. The summed E-state index contributed by atoms with van der Waals surface area (Å²) in [7, 11) is 0. The zero-order valence-corrected chi connectivity index (χ0v) is 12.1. The number of carbonyl (C=O) groups is 1. The first kappa shape index (κ1) is 16.4. The second-order valence-corrected chi connectivity index (χ2v) is 4.60. The zero-order valence-electron chi connectivity index (χ0n) is 12.1. The first-order valence-corrected chi connectivity index (χ1v) is 7.19. The summed E-state index contributed by atoms with van der Waals surface area (Å²) in [4.78, 5) is 14.0. The maximum absolute atomic E-state index is 11.8. The molecule has 0 radical (unpaired) electrons. The van der Waals surface area contributed by atoms with Gasteiger partial charge < -0.3 is 5.32 Å². The third-order valence-corrected chi connectivity index (χ3v) is 3.32. The van der Waals surface area contributed by atoms with Gasteiger partial charge >= 0.3 is 0 Å². The molecule has 17 heavy (non-hydrogen) atoms. The average molecular weight is 242 g/mol. The first-order valence-electron chi connectivity index (χ1n) is 7.19. The van der Waals surface area contributed by atoms with Crippen LogP contribution in [0.3, 0.4) is 0 Å². The molecule has 1 amide bonds. The van der Waals surface area contributed by atoms with Gasteiger partial charge in [0.2, 0.25) is 5.91 Å². The van der Waals surface area contributed by atoms with Gasteiger partial charge in [-0.05, 0) is 26.4 Å². The zero-order chi connectivity index (χ0) is 13.1. The Labute approximate surface area is 107 Å². The summed E-state index contributed by atoms with van der Waals surface area (Å²) in [6.45, 7) is 11.1. The van der Waals surface area contributed by atoms with E-state index in [0.717, 1.165) is 26.1 Å². The molecule has 0 aromatic rings. The molecule has 0 heterocycles. The van der Waals surface area contributed by atoms with E-state index < -0.39 is 0 Å². The van der Waals surface area contributed by atoms with Crippen LogP contribution in [-0.2, 0) is 4.79 Å². The van der Waals surface area contributed by atoms with Crippen molar-refractivity contribution in [2.75, 3.05) is 19.6 Å². The predicted molar refractivity (Wildman–Crippen MR) is 74.2 cm³/mol. The van der Waals surface area contributed by atoms with Crippen LogP contribution in [0.2, 0.25) is 0 Å². The lowest BCUT2D eigenvalue weighted by atomic mass is 10.1. The fraction of sp³-hybridized carbons (Fsp3) is 0.929. The second-order valence-electron chi connectivity index (χ2n) is 4.60.